The molecule has 8 heteroatoms. The molecule has 8 nitrogen and oxygen atoms in total. The minimum atomic E-state index is -0.990. The van der Waals surface area contributed by atoms with Gasteiger partial charge in [0.25, 0.3) is 0 Å². The molecule has 3 heterocycles. The van der Waals surface area contributed by atoms with Crippen molar-refractivity contribution in [2.24, 2.45) is 0 Å². The summed E-state index contributed by atoms with van der Waals surface area (Å²) in [6, 6.07) is 9.50. The molecule has 0 radical (unpaired) electrons. The van der Waals surface area contributed by atoms with Crippen molar-refractivity contribution in [1.29, 1.82) is 0 Å². The van der Waals surface area contributed by atoms with E-state index in [4.69, 9.17) is 5.11 Å². The van der Waals surface area contributed by atoms with Crippen LogP contribution < -0.4 is 0 Å². The van der Waals surface area contributed by atoms with Crippen LogP contribution in [0.25, 0.3) is 11.0 Å². The Bertz CT molecular complexity index is 932. The summed E-state index contributed by atoms with van der Waals surface area (Å²) < 4.78 is 3.68. The smallest absolute Gasteiger partial charge is 0.242 e. The van der Waals surface area contributed by atoms with Gasteiger partial charge in [-0.1, -0.05) is 12.1 Å². The van der Waals surface area contributed by atoms with E-state index in [0.717, 1.165) is 23.1 Å². The van der Waals surface area contributed by atoms with E-state index in [1.165, 1.54) is 0 Å². The first-order valence-electron chi connectivity index (χ1n) is 8.69. The van der Waals surface area contributed by atoms with Gasteiger partial charge in [0, 0.05) is 13.1 Å². The van der Waals surface area contributed by atoms with Crippen LogP contribution in [0.5, 0.6) is 0 Å². The number of rotatable bonds is 4. The quantitative estimate of drug-likeness (QED) is 0.718. The highest BCUT2D eigenvalue weighted by Crippen LogP contribution is 2.19. The van der Waals surface area contributed by atoms with E-state index in [0.29, 0.717) is 25.3 Å². The average Bonchev–Trinajstić information content (AvgIpc) is 3.19. The zero-order valence-electron chi connectivity index (χ0n) is 14.3. The Balaban J connectivity index is 1.52. The van der Waals surface area contributed by atoms with Crippen molar-refractivity contribution < 1.29 is 15.0 Å². The van der Waals surface area contributed by atoms with Crippen molar-refractivity contribution in [2.45, 2.75) is 32.2 Å². The molecule has 2 aromatic heterocycles. The van der Waals surface area contributed by atoms with Gasteiger partial charge in [0.2, 0.25) is 5.91 Å². The van der Waals surface area contributed by atoms with E-state index in [1.54, 1.807) is 12.4 Å². The number of aliphatic hydroxyl groups excluding tert-OH is 2. The highest BCUT2D eigenvalue weighted by atomic mass is 16.3. The van der Waals surface area contributed by atoms with Crippen LogP contribution in [0.3, 0.4) is 0 Å². The van der Waals surface area contributed by atoms with Crippen LogP contribution in [0.15, 0.2) is 36.7 Å². The van der Waals surface area contributed by atoms with Gasteiger partial charge < -0.3 is 19.7 Å². The summed E-state index contributed by atoms with van der Waals surface area (Å²) in [5.41, 5.74) is 3.12. The van der Waals surface area contributed by atoms with Gasteiger partial charge in [0.1, 0.15) is 12.6 Å². The molecule has 0 saturated carbocycles. The fraction of sp³-hybridized carbons (Fsp3) is 0.389. The number of benzene rings is 1. The summed E-state index contributed by atoms with van der Waals surface area (Å²) in [4.78, 5) is 19.0. The second kappa shape index (κ2) is 6.89. The molecule has 2 N–H and O–H groups in total. The van der Waals surface area contributed by atoms with E-state index < -0.39 is 6.10 Å². The lowest BCUT2D eigenvalue weighted by Gasteiger charge is -2.20. The highest BCUT2D eigenvalue weighted by molar-refractivity contribution is 5.80. The largest absolute Gasteiger partial charge is 0.393 e. The molecule has 1 unspecified atom stereocenters. The van der Waals surface area contributed by atoms with Crippen LogP contribution in [0.4, 0.5) is 0 Å². The molecule has 136 valence electrons. The lowest BCUT2D eigenvalue weighted by atomic mass is 10.2. The van der Waals surface area contributed by atoms with Crippen molar-refractivity contribution in [1.82, 2.24) is 24.2 Å². The molecule has 1 amide bonds. The zero-order valence-corrected chi connectivity index (χ0v) is 14.3. The molecule has 0 fully saturated rings. The van der Waals surface area contributed by atoms with Crippen LogP contribution in [0.1, 0.15) is 23.9 Å². The Morgan fingerprint density at radius 1 is 1.27 bits per heavy atom. The van der Waals surface area contributed by atoms with Crippen LogP contribution >= 0.6 is 0 Å². The average molecular weight is 355 g/mol. The molecule has 0 aliphatic carbocycles. The third-order valence-electron chi connectivity index (χ3n) is 4.73. The van der Waals surface area contributed by atoms with Crippen LogP contribution in [0, 0.1) is 0 Å². The van der Waals surface area contributed by atoms with Gasteiger partial charge in [-0.15, -0.1) is 0 Å². The molecule has 0 spiro atoms. The summed E-state index contributed by atoms with van der Waals surface area (Å²) in [7, 11) is 0. The van der Waals surface area contributed by atoms with E-state index in [1.807, 2.05) is 38.4 Å². The number of amides is 1. The number of para-hydroxylation sites is 2. The molecular formula is C18H21N5O3. The number of aryl methyl sites for hydroxylation is 1. The van der Waals surface area contributed by atoms with E-state index in [9.17, 15) is 9.90 Å². The molecule has 1 aromatic carbocycles. The fourth-order valence-corrected chi connectivity index (χ4v) is 3.34. The molecule has 0 saturated heterocycles. The first-order valence-corrected chi connectivity index (χ1v) is 8.69. The molecule has 1 aliphatic heterocycles. The Kier molecular flexibility index (Phi) is 4.44. The number of imidazole rings is 1. The first-order chi connectivity index (χ1) is 12.7. The predicted molar refractivity (Wildman–Crippen MR) is 94.0 cm³/mol. The van der Waals surface area contributed by atoms with Gasteiger partial charge in [0.15, 0.2) is 0 Å². The van der Waals surface area contributed by atoms with Crippen LogP contribution in [-0.2, 0) is 24.4 Å². The lowest BCUT2D eigenvalue weighted by molar-refractivity contribution is -0.132. The maximum atomic E-state index is 12.8. The van der Waals surface area contributed by atoms with E-state index >= 15 is 0 Å². The zero-order chi connectivity index (χ0) is 18.1. The second-order valence-electron chi connectivity index (χ2n) is 6.51. The molecule has 1 atom stereocenters. The predicted octanol–water partition coefficient (Wildman–Crippen LogP) is 0.691. The van der Waals surface area contributed by atoms with Gasteiger partial charge in [0.05, 0.1) is 41.9 Å². The number of aromatic nitrogens is 4. The maximum absolute atomic E-state index is 12.8. The molecule has 3 aromatic rings. The maximum Gasteiger partial charge on any atom is 0.242 e. The number of carbonyl (C=O) groups is 1. The molecule has 26 heavy (non-hydrogen) atoms. The summed E-state index contributed by atoms with van der Waals surface area (Å²) >= 11 is 0. The Labute approximate surface area is 150 Å². The van der Waals surface area contributed by atoms with Gasteiger partial charge in [-0.3, -0.25) is 9.48 Å². The topological polar surface area (TPSA) is 96.4 Å². The number of hydrogen-bond donors (Lipinski definition) is 2. The van der Waals surface area contributed by atoms with Crippen molar-refractivity contribution >= 4 is 16.9 Å². The number of aliphatic hydroxyl groups is 2. The summed E-state index contributed by atoms with van der Waals surface area (Å²) in [6.07, 6.45) is 1.50. The van der Waals surface area contributed by atoms with Gasteiger partial charge in [-0.2, -0.15) is 5.10 Å². The molecule has 0 bridgehead atoms. The number of nitrogens with zero attached hydrogens (tertiary/aromatic N) is 5. The first kappa shape index (κ1) is 16.7. The van der Waals surface area contributed by atoms with Crippen LogP contribution in [0.2, 0.25) is 0 Å². The normalized spacial score (nSPS) is 15.7. The lowest BCUT2D eigenvalue weighted by Crippen LogP contribution is -2.33. The summed E-state index contributed by atoms with van der Waals surface area (Å²) in [5, 5.41) is 23.2. The number of fused-ring (bicyclic) bond motifs is 2. The van der Waals surface area contributed by atoms with Gasteiger partial charge >= 0.3 is 0 Å². The van der Waals surface area contributed by atoms with Gasteiger partial charge in [-0.25, -0.2) is 4.98 Å². The van der Waals surface area contributed by atoms with Crippen molar-refractivity contribution in [3.8, 4) is 0 Å². The second-order valence-corrected chi connectivity index (χ2v) is 6.51. The molecular weight excluding hydrogens is 334 g/mol. The van der Waals surface area contributed by atoms with Crippen LogP contribution in [-0.4, -0.2) is 53.5 Å². The minimum Gasteiger partial charge on any atom is -0.393 e. The third-order valence-corrected chi connectivity index (χ3v) is 4.73. The number of carbonyl (C=O) groups excluding carboxylic acids is 1. The van der Waals surface area contributed by atoms with Crippen molar-refractivity contribution in [3.05, 3.63) is 48.0 Å². The Morgan fingerprint density at radius 3 is 2.96 bits per heavy atom. The standard InChI is InChI=1S/C18H21N5O3/c24-11-17(25)15-8-13-9-21(6-3-7-23(13)20-15)18(26)10-22-12-19-14-4-1-2-5-16(14)22/h1-2,4-5,8,12,17,24-25H,3,6-7,9-11H2. The monoisotopic (exact) mass is 355 g/mol. The fourth-order valence-electron chi connectivity index (χ4n) is 3.34. The molecule has 1 aliphatic rings. The Morgan fingerprint density at radius 2 is 2.12 bits per heavy atom. The highest BCUT2D eigenvalue weighted by Gasteiger charge is 2.22. The SMILES string of the molecule is O=C(Cn1cnc2ccccc21)N1CCCn2nc(C(O)CO)cc2C1. The Hall–Kier alpha value is -2.71. The number of hydrogen-bond acceptors (Lipinski definition) is 5. The van der Waals surface area contributed by atoms with E-state index in [2.05, 4.69) is 10.1 Å². The van der Waals surface area contributed by atoms with Gasteiger partial charge in [-0.05, 0) is 24.6 Å². The summed E-state index contributed by atoms with van der Waals surface area (Å²) in [5.74, 6) is 0.0204. The molecule has 4 rings (SSSR count). The van der Waals surface area contributed by atoms with Crippen molar-refractivity contribution in [3.63, 3.8) is 0 Å². The van der Waals surface area contributed by atoms with Crippen molar-refractivity contribution in [2.75, 3.05) is 13.2 Å². The van der Waals surface area contributed by atoms with E-state index in [-0.39, 0.29) is 19.1 Å². The minimum absolute atomic E-state index is 0.0204. The summed E-state index contributed by atoms with van der Waals surface area (Å²) in [6.45, 7) is 1.65. The third kappa shape index (κ3) is 3.09.